The zero-order chi connectivity index (χ0) is 12.4. The largest absolute Gasteiger partial charge is 0.383 e. The van der Waals surface area contributed by atoms with Gasteiger partial charge in [-0.05, 0) is 26.8 Å². The summed E-state index contributed by atoms with van der Waals surface area (Å²) in [6, 6.07) is 0. The molecule has 96 valence electrons. The molecule has 0 aromatic heterocycles. The number of carbonyl (C=O) groups excluding carboxylic acids is 1. The number of carbonyl (C=O) groups is 1. The molecule has 0 aliphatic heterocycles. The van der Waals surface area contributed by atoms with Crippen LogP contribution in [0.15, 0.2) is 0 Å². The molecule has 5 heteroatoms. The highest BCUT2D eigenvalue weighted by Gasteiger charge is 2.15. The number of amides is 1. The first-order valence-corrected chi connectivity index (χ1v) is 5.53. The van der Waals surface area contributed by atoms with Crippen molar-refractivity contribution in [3.8, 4) is 0 Å². The Morgan fingerprint density at radius 2 is 1.94 bits per heavy atom. The number of ether oxygens (including phenoxy) is 2. The zero-order valence-corrected chi connectivity index (χ0v) is 10.8. The Morgan fingerprint density at radius 1 is 1.25 bits per heavy atom. The Balaban J connectivity index is 3.41. The van der Waals surface area contributed by atoms with Crippen LogP contribution in [0.2, 0.25) is 0 Å². The van der Waals surface area contributed by atoms with Gasteiger partial charge in [-0.25, -0.2) is 0 Å². The van der Waals surface area contributed by atoms with E-state index in [1.807, 2.05) is 13.8 Å². The van der Waals surface area contributed by atoms with Crippen molar-refractivity contribution in [2.45, 2.75) is 25.9 Å². The molecule has 2 N–H and O–H groups in total. The molecule has 0 aromatic rings. The second-order valence-corrected chi connectivity index (χ2v) is 4.23. The SMILES string of the molecule is COCCNC(=O)CNCCC(C)(C)OC. The van der Waals surface area contributed by atoms with Gasteiger partial charge in [0.25, 0.3) is 0 Å². The lowest BCUT2D eigenvalue weighted by molar-refractivity contribution is -0.120. The van der Waals surface area contributed by atoms with Crippen LogP contribution in [-0.4, -0.2) is 52.0 Å². The van der Waals surface area contributed by atoms with Gasteiger partial charge in [-0.15, -0.1) is 0 Å². The van der Waals surface area contributed by atoms with Crippen LogP contribution in [0, 0.1) is 0 Å². The van der Waals surface area contributed by atoms with Gasteiger partial charge in [0.05, 0.1) is 18.8 Å². The first-order valence-electron chi connectivity index (χ1n) is 5.53. The van der Waals surface area contributed by atoms with Crippen LogP contribution in [0.25, 0.3) is 0 Å². The highest BCUT2D eigenvalue weighted by Crippen LogP contribution is 2.10. The molecule has 0 saturated carbocycles. The Bertz CT molecular complexity index is 196. The summed E-state index contributed by atoms with van der Waals surface area (Å²) in [7, 11) is 3.30. The maximum atomic E-state index is 11.3. The van der Waals surface area contributed by atoms with Crippen molar-refractivity contribution >= 4 is 5.91 Å². The van der Waals surface area contributed by atoms with E-state index >= 15 is 0 Å². The molecule has 0 bridgehead atoms. The summed E-state index contributed by atoms with van der Waals surface area (Å²) in [5, 5.41) is 5.81. The van der Waals surface area contributed by atoms with Gasteiger partial charge in [-0.1, -0.05) is 0 Å². The summed E-state index contributed by atoms with van der Waals surface area (Å²) in [4.78, 5) is 11.3. The molecular formula is C11H24N2O3. The summed E-state index contributed by atoms with van der Waals surface area (Å²) in [6.07, 6.45) is 0.870. The lowest BCUT2D eigenvalue weighted by atomic mass is 10.1. The Labute approximate surface area is 97.9 Å². The van der Waals surface area contributed by atoms with E-state index in [4.69, 9.17) is 9.47 Å². The fraction of sp³-hybridized carbons (Fsp3) is 0.909. The lowest BCUT2D eigenvalue weighted by Crippen LogP contribution is -2.37. The van der Waals surface area contributed by atoms with Crippen LogP contribution in [-0.2, 0) is 14.3 Å². The van der Waals surface area contributed by atoms with E-state index in [2.05, 4.69) is 10.6 Å². The molecule has 1 amide bonds. The maximum Gasteiger partial charge on any atom is 0.234 e. The number of rotatable bonds is 9. The molecule has 0 atom stereocenters. The second-order valence-electron chi connectivity index (χ2n) is 4.23. The Hall–Kier alpha value is -0.650. The zero-order valence-electron chi connectivity index (χ0n) is 10.8. The van der Waals surface area contributed by atoms with E-state index in [0.29, 0.717) is 19.7 Å². The lowest BCUT2D eigenvalue weighted by Gasteiger charge is -2.22. The Kier molecular flexibility index (Phi) is 8.15. The molecule has 0 aliphatic rings. The van der Waals surface area contributed by atoms with Crippen molar-refractivity contribution in [3.05, 3.63) is 0 Å². The van der Waals surface area contributed by atoms with E-state index in [1.165, 1.54) is 0 Å². The standard InChI is InChI=1S/C11H24N2O3/c1-11(2,16-4)5-6-12-9-10(14)13-7-8-15-3/h12H,5-9H2,1-4H3,(H,13,14). The van der Waals surface area contributed by atoms with Gasteiger partial charge >= 0.3 is 0 Å². The number of hydrogen-bond donors (Lipinski definition) is 2. The number of nitrogens with one attached hydrogen (secondary N) is 2. The molecule has 0 spiro atoms. The topological polar surface area (TPSA) is 59.6 Å². The van der Waals surface area contributed by atoms with Gasteiger partial charge in [0.2, 0.25) is 5.91 Å². The van der Waals surface area contributed by atoms with Crippen LogP contribution < -0.4 is 10.6 Å². The summed E-state index contributed by atoms with van der Waals surface area (Å²) in [5.41, 5.74) is -0.139. The summed E-state index contributed by atoms with van der Waals surface area (Å²) < 4.78 is 10.1. The van der Waals surface area contributed by atoms with E-state index in [-0.39, 0.29) is 11.5 Å². The third-order valence-corrected chi connectivity index (χ3v) is 2.37. The molecule has 0 rings (SSSR count). The fourth-order valence-corrected chi connectivity index (χ4v) is 1.05. The summed E-state index contributed by atoms with van der Waals surface area (Å²) in [5.74, 6) is -0.00715. The number of methoxy groups -OCH3 is 2. The van der Waals surface area contributed by atoms with Crippen molar-refractivity contribution in [3.63, 3.8) is 0 Å². The predicted molar refractivity (Wildman–Crippen MR) is 63.5 cm³/mol. The van der Waals surface area contributed by atoms with Gasteiger partial charge in [0.1, 0.15) is 0 Å². The molecular weight excluding hydrogens is 208 g/mol. The second kappa shape index (κ2) is 8.50. The van der Waals surface area contributed by atoms with Crippen LogP contribution in [0.1, 0.15) is 20.3 Å². The average Bonchev–Trinajstić information content (AvgIpc) is 2.25. The van der Waals surface area contributed by atoms with E-state index in [9.17, 15) is 4.79 Å². The Morgan fingerprint density at radius 3 is 2.50 bits per heavy atom. The molecule has 5 nitrogen and oxygen atoms in total. The molecule has 0 unspecified atom stereocenters. The minimum absolute atomic E-state index is 0.00715. The van der Waals surface area contributed by atoms with E-state index in [1.54, 1.807) is 14.2 Å². The molecule has 16 heavy (non-hydrogen) atoms. The third-order valence-electron chi connectivity index (χ3n) is 2.37. The maximum absolute atomic E-state index is 11.3. The predicted octanol–water partition coefficient (Wildman–Crippen LogP) is 0.154. The minimum Gasteiger partial charge on any atom is -0.383 e. The highest BCUT2D eigenvalue weighted by molar-refractivity contribution is 5.77. The van der Waals surface area contributed by atoms with Crippen LogP contribution in [0.4, 0.5) is 0 Å². The molecule has 0 heterocycles. The van der Waals surface area contributed by atoms with Crippen molar-refractivity contribution in [1.82, 2.24) is 10.6 Å². The van der Waals surface area contributed by atoms with E-state index < -0.39 is 0 Å². The molecule has 0 fully saturated rings. The van der Waals surface area contributed by atoms with Crippen LogP contribution >= 0.6 is 0 Å². The molecule has 0 radical (unpaired) electrons. The van der Waals surface area contributed by atoms with Crippen LogP contribution in [0.5, 0.6) is 0 Å². The number of hydrogen-bond acceptors (Lipinski definition) is 4. The average molecular weight is 232 g/mol. The monoisotopic (exact) mass is 232 g/mol. The smallest absolute Gasteiger partial charge is 0.234 e. The van der Waals surface area contributed by atoms with Crippen molar-refractivity contribution in [1.29, 1.82) is 0 Å². The molecule has 0 aliphatic carbocycles. The van der Waals surface area contributed by atoms with Crippen molar-refractivity contribution in [2.75, 3.05) is 40.5 Å². The van der Waals surface area contributed by atoms with Crippen molar-refractivity contribution in [2.24, 2.45) is 0 Å². The highest BCUT2D eigenvalue weighted by atomic mass is 16.5. The summed E-state index contributed by atoms with van der Waals surface area (Å²) in [6.45, 7) is 6.24. The van der Waals surface area contributed by atoms with Crippen LogP contribution in [0.3, 0.4) is 0 Å². The van der Waals surface area contributed by atoms with E-state index in [0.717, 1.165) is 13.0 Å². The van der Waals surface area contributed by atoms with Gasteiger partial charge < -0.3 is 20.1 Å². The first-order chi connectivity index (χ1) is 7.52. The minimum atomic E-state index is -0.139. The fourth-order valence-electron chi connectivity index (χ4n) is 1.05. The third kappa shape index (κ3) is 8.64. The van der Waals surface area contributed by atoms with Gasteiger partial charge in [0.15, 0.2) is 0 Å². The van der Waals surface area contributed by atoms with Gasteiger partial charge in [-0.2, -0.15) is 0 Å². The van der Waals surface area contributed by atoms with Gasteiger partial charge in [0, 0.05) is 20.8 Å². The van der Waals surface area contributed by atoms with Crippen molar-refractivity contribution < 1.29 is 14.3 Å². The quantitative estimate of drug-likeness (QED) is 0.556. The first kappa shape index (κ1) is 15.3. The normalized spacial score (nSPS) is 11.5. The van der Waals surface area contributed by atoms with Gasteiger partial charge in [-0.3, -0.25) is 4.79 Å². The molecule has 0 saturated heterocycles. The summed E-state index contributed by atoms with van der Waals surface area (Å²) >= 11 is 0. The molecule has 0 aromatic carbocycles.